The second-order valence-corrected chi connectivity index (χ2v) is 7.48. The molecule has 2 aliphatic rings. The summed E-state index contributed by atoms with van der Waals surface area (Å²) < 4.78 is 5.48. The highest BCUT2D eigenvalue weighted by Gasteiger charge is 2.31. The van der Waals surface area contributed by atoms with E-state index in [1.165, 1.54) is 0 Å². The maximum Gasteiger partial charge on any atom is 0.265 e. The fourth-order valence-corrected chi connectivity index (χ4v) is 3.63. The Kier molecular flexibility index (Phi) is 5.79. The number of hydrogen-bond donors (Lipinski definition) is 1. The lowest BCUT2D eigenvalue weighted by Crippen LogP contribution is -2.46. The van der Waals surface area contributed by atoms with Crippen molar-refractivity contribution in [3.05, 3.63) is 23.8 Å². The average Bonchev–Trinajstić information content (AvgIpc) is 2.69. The molecule has 7 nitrogen and oxygen atoms in total. The average molecular weight is 374 g/mol. The van der Waals surface area contributed by atoms with E-state index in [4.69, 9.17) is 9.84 Å². The normalized spacial score (nSPS) is 17.7. The molecule has 0 unspecified atom stereocenters. The van der Waals surface area contributed by atoms with Crippen LogP contribution < -0.4 is 9.64 Å². The van der Waals surface area contributed by atoms with E-state index in [1.54, 1.807) is 23.1 Å². The van der Waals surface area contributed by atoms with Crippen molar-refractivity contribution in [2.45, 2.75) is 26.7 Å². The van der Waals surface area contributed by atoms with Gasteiger partial charge in [-0.05, 0) is 37.0 Å². The number of Topliss-reactive ketones (excluding diaryl/α,β-unsaturated/α-hetero) is 1. The molecule has 7 heteroatoms. The SMILES string of the molecule is CC(C)C(=O)N1CCC(CN2C(=O)COc3ccc(C(=O)CO)cc32)CC1. The zero-order chi connectivity index (χ0) is 19.6. The lowest BCUT2D eigenvalue weighted by Gasteiger charge is -2.37. The number of aliphatic hydroxyl groups is 1. The van der Waals surface area contributed by atoms with Crippen LogP contribution in [-0.2, 0) is 9.59 Å². The molecule has 1 aromatic rings. The molecule has 1 aromatic carbocycles. The minimum Gasteiger partial charge on any atom is -0.482 e. The molecule has 0 radical (unpaired) electrons. The van der Waals surface area contributed by atoms with Crippen LogP contribution in [-0.4, -0.2) is 60.5 Å². The number of ether oxygens (including phenoxy) is 1. The molecule has 146 valence electrons. The van der Waals surface area contributed by atoms with Gasteiger partial charge in [0.2, 0.25) is 5.91 Å². The first kappa shape index (κ1) is 19.4. The van der Waals surface area contributed by atoms with E-state index in [0.29, 0.717) is 36.6 Å². The molecular formula is C20H26N2O5. The number of carbonyl (C=O) groups is 3. The third kappa shape index (κ3) is 4.13. The number of nitrogens with zero attached hydrogens (tertiary/aromatic N) is 2. The predicted octanol–water partition coefficient (Wildman–Crippen LogP) is 1.48. The van der Waals surface area contributed by atoms with Crippen LogP contribution in [0.4, 0.5) is 5.69 Å². The second kappa shape index (κ2) is 8.08. The Morgan fingerprint density at radius 1 is 1.26 bits per heavy atom. The van der Waals surface area contributed by atoms with Gasteiger partial charge in [-0.2, -0.15) is 0 Å². The quantitative estimate of drug-likeness (QED) is 0.789. The van der Waals surface area contributed by atoms with Crippen LogP contribution in [0.1, 0.15) is 37.0 Å². The molecule has 0 aromatic heterocycles. The van der Waals surface area contributed by atoms with Gasteiger partial charge < -0.3 is 19.6 Å². The molecule has 0 saturated carbocycles. The Hall–Kier alpha value is -2.41. The highest BCUT2D eigenvalue weighted by molar-refractivity contribution is 6.02. The van der Waals surface area contributed by atoms with Crippen molar-refractivity contribution in [3.63, 3.8) is 0 Å². The molecule has 1 N–H and O–H groups in total. The van der Waals surface area contributed by atoms with Crippen LogP contribution in [0.2, 0.25) is 0 Å². The molecule has 1 saturated heterocycles. The molecule has 0 atom stereocenters. The van der Waals surface area contributed by atoms with Crippen molar-refractivity contribution in [3.8, 4) is 5.75 Å². The fraction of sp³-hybridized carbons (Fsp3) is 0.550. The molecule has 27 heavy (non-hydrogen) atoms. The van der Waals surface area contributed by atoms with Crippen molar-refractivity contribution in [1.82, 2.24) is 4.90 Å². The number of rotatable bonds is 5. The third-order valence-corrected chi connectivity index (χ3v) is 5.23. The van der Waals surface area contributed by atoms with Crippen LogP contribution in [0.25, 0.3) is 0 Å². The van der Waals surface area contributed by atoms with Crippen LogP contribution in [0, 0.1) is 11.8 Å². The number of aliphatic hydroxyl groups excluding tert-OH is 1. The molecule has 2 amide bonds. The summed E-state index contributed by atoms with van der Waals surface area (Å²) in [5, 5.41) is 9.09. The summed E-state index contributed by atoms with van der Waals surface area (Å²) in [5.41, 5.74) is 0.933. The van der Waals surface area contributed by atoms with Gasteiger partial charge in [0, 0.05) is 31.1 Å². The Morgan fingerprint density at radius 2 is 1.96 bits per heavy atom. The van der Waals surface area contributed by atoms with Crippen molar-refractivity contribution < 1.29 is 24.2 Å². The third-order valence-electron chi connectivity index (χ3n) is 5.23. The number of benzene rings is 1. The molecular weight excluding hydrogens is 348 g/mol. The topological polar surface area (TPSA) is 87.2 Å². The molecule has 0 aliphatic carbocycles. The molecule has 0 spiro atoms. The van der Waals surface area contributed by atoms with Gasteiger partial charge in [-0.3, -0.25) is 14.4 Å². The summed E-state index contributed by atoms with van der Waals surface area (Å²) in [6.07, 6.45) is 1.68. The minimum absolute atomic E-state index is 0.00303. The number of fused-ring (bicyclic) bond motifs is 1. The zero-order valence-corrected chi connectivity index (χ0v) is 15.8. The summed E-state index contributed by atoms with van der Waals surface area (Å²) in [7, 11) is 0. The fourth-order valence-electron chi connectivity index (χ4n) is 3.63. The predicted molar refractivity (Wildman–Crippen MR) is 99.8 cm³/mol. The van der Waals surface area contributed by atoms with Gasteiger partial charge in [0.05, 0.1) is 5.69 Å². The van der Waals surface area contributed by atoms with Crippen molar-refractivity contribution in [1.29, 1.82) is 0 Å². The Balaban J connectivity index is 1.72. The van der Waals surface area contributed by atoms with Crippen molar-refractivity contribution >= 4 is 23.3 Å². The van der Waals surface area contributed by atoms with Gasteiger partial charge in [-0.1, -0.05) is 13.8 Å². The summed E-state index contributed by atoms with van der Waals surface area (Å²) in [4.78, 5) is 40.0. The van der Waals surface area contributed by atoms with Gasteiger partial charge >= 0.3 is 0 Å². The maximum atomic E-state index is 12.4. The van der Waals surface area contributed by atoms with Crippen molar-refractivity contribution in [2.24, 2.45) is 11.8 Å². The van der Waals surface area contributed by atoms with Gasteiger partial charge in [0.1, 0.15) is 12.4 Å². The Bertz CT molecular complexity index is 738. The standard InChI is InChI=1S/C20H26N2O5/c1-13(2)20(26)21-7-5-14(6-8-21)10-22-16-9-15(17(24)11-23)3-4-18(16)27-12-19(22)25/h3-4,9,13-14,23H,5-8,10-12H2,1-2H3. The lowest BCUT2D eigenvalue weighted by atomic mass is 9.94. The number of ketones is 1. The smallest absolute Gasteiger partial charge is 0.265 e. The summed E-state index contributed by atoms with van der Waals surface area (Å²) >= 11 is 0. The zero-order valence-electron chi connectivity index (χ0n) is 15.8. The molecule has 0 bridgehead atoms. The van der Waals surface area contributed by atoms with Gasteiger partial charge in [0.25, 0.3) is 5.91 Å². The first-order valence-corrected chi connectivity index (χ1v) is 9.40. The lowest BCUT2D eigenvalue weighted by molar-refractivity contribution is -0.136. The first-order chi connectivity index (χ1) is 12.9. The summed E-state index contributed by atoms with van der Waals surface area (Å²) in [5.74, 6) is 0.489. The summed E-state index contributed by atoms with van der Waals surface area (Å²) in [6, 6.07) is 4.88. The molecule has 2 heterocycles. The van der Waals surface area contributed by atoms with E-state index in [9.17, 15) is 14.4 Å². The van der Waals surface area contributed by atoms with Gasteiger partial charge in [0.15, 0.2) is 12.4 Å². The van der Waals surface area contributed by atoms with E-state index >= 15 is 0 Å². The van der Waals surface area contributed by atoms with Gasteiger partial charge in [-0.25, -0.2) is 0 Å². The Labute approximate surface area is 158 Å². The minimum atomic E-state index is -0.573. The van der Waals surface area contributed by atoms with Crippen LogP contribution in [0.15, 0.2) is 18.2 Å². The van der Waals surface area contributed by atoms with Crippen LogP contribution >= 0.6 is 0 Å². The number of piperidine rings is 1. The summed E-state index contributed by atoms with van der Waals surface area (Å²) in [6.45, 7) is 5.16. The van der Waals surface area contributed by atoms with E-state index in [-0.39, 0.29) is 30.3 Å². The Morgan fingerprint density at radius 3 is 2.59 bits per heavy atom. The first-order valence-electron chi connectivity index (χ1n) is 9.40. The highest BCUT2D eigenvalue weighted by Crippen LogP contribution is 2.34. The molecule has 2 aliphatic heterocycles. The number of hydrogen-bond acceptors (Lipinski definition) is 5. The van der Waals surface area contributed by atoms with Gasteiger partial charge in [-0.15, -0.1) is 0 Å². The number of carbonyl (C=O) groups excluding carboxylic acids is 3. The highest BCUT2D eigenvalue weighted by atomic mass is 16.5. The number of anilines is 1. The van der Waals surface area contributed by atoms with E-state index in [0.717, 1.165) is 12.8 Å². The monoisotopic (exact) mass is 374 g/mol. The largest absolute Gasteiger partial charge is 0.482 e. The molecule has 3 rings (SSSR count). The van der Waals surface area contributed by atoms with Crippen molar-refractivity contribution in [2.75, 3.05) is 37.7 Å². The number of amides is 2. The van der Waals surface area contributed by atoms with E-state index < -0.39 is 12.4 Å². The number of likely N-dealkylation sites (tertiary alicyclic amines) is 1. The second-order valence-electron chi connectivity index (χ2n) is 7.48. The van der Waals surface area contributed by atoms with Crippen LogP contribution in [0.5, 0.6) is 5.75 Å². The van der Waals surface area contributed by atoms with Crippen LogP contribution in [0.3, 0.4) is 0 Å². The maximum absolute atomic E-state index is 12.4. The van der Waals surface area contributed by atoms with E-state index in [1.807, 2.05) is 18.7 Å². The molecule has 1 fully saturated rings. The van der Waals surface area contributed by atoms with E-state index in [2.05, 4.69) is 0 Å².